The van der Waals surface area contributed by atoms with Crippen molar-refractivity contribution in [3.8, 4) is 11.4 Å². The van der Waals surface area contributed by atoms with E-state index in [-0.39, 0.29) is 12.1 Å². The van der Waals surface area contributed by atoms with E-state index < -0.39 is 11.6 Å². The third kappa shape index (κ3) is 3.98. The molecule has 0 spiro atoms. The summed E-state index contributed by atoms with van der Waals surface area (Å²) in [4.78, 5) is 26.8. The number of carbonyl (C=O) groups is 1. The highest BCUT2D eigenvalue weighted by atomic mass is 16.4. The molecule has 1 aliphatic rings. The highest BCUT2D eigenvalue weighted by molar-refractivity contribution is 5.66. The standard InChI is InChI=1S/C20H25N7O2/c1-20(2,3)27(19(28)29)14-5-4-13(12-14)23-18-21-9-6-15(25-18)16-8-11-26-17(24-16)7-10-22-26/h6-11,13-14H,4-5,12H2,1-3H3,(H,28,29)(H,21,23,25)/t13-,14-/m0/s1. The van der Waals surface area contributed by atoms with Crippen molar-refractivity contribution in [2.75, 3.05) is 5.32 Å². The normalized spacial score (nSPS) is 19.4. The van der Waals surface area contributed by atoms with Gasteiger partial charge in [0.15, 0.2) is 5.65 Å². The van der Waals surface area contributed by atoms with Gasteiger partial charge in [0.25, 0.3) is 0 Å². The van der Waals surface area contributed by atoms with Crippen molar-refractivity contribution in [3.63, 3.8) is 0 Å². The average molecular weight is 395 g/mol. The summed E-state index contributed by atoms with van der Waals surface area (Å²) in [6.45, 7) is 5.79. The van der Waals surface area contributed by atoms with Gasteiger partial charge in [-0.25, -0.2) is 24.3 Å². The highest BCUT2D eigenvalue weighted by Crippen LogP contribution is 2.31. The van der Waals surface area contributed by atoms with Crippen LogP contribution in [-0.4, -0.2) is 58.3 Å². The zero-order valence-electron chi connectivity index (χ0n) is 16.8. The Balaban J connectivity index is 1.48. The van der Waals surface area contributed by atoms with Gasteiger partial charge in [-0.1, -0.05) is 0 Å². The molecule has 9 nitrogen and oxygen atoms in total. The Morgan fingerprint density at radius 1 is 1.17 bits per heavy atom. The molecule has 1 aliphatic carbocycles. The van der Waals surface area contributed by atoms with E-state index in [0.717, 1.165) is 36.3 Å². The van der Waals surface area contributed by atoms with Crippen molar-refractivity contribution >= 4 is 17.7 Å². The summed E-state index contributed by atoms with van der Waals surface area (Å²) in [5.41, 5.74) is 1.80. The van der Waals surface area contributed by atoms with Crippen LogP contribution < -0.4 is 5.32 Å². The molecule has 152 valence electrons. The van der Waals surface area contributed by atoms with Crippen molar-refractivity contribution < 1.29 is 9.90 Å². The Labute approximate surface area is 168 Å². The fourth-order valence-corrected chi connectivity index (χ4v) is 4.02. The summed E-state index contributed by atoms with van der Waals surface area (Å²) < 4.78 is 1.70. The molecule has 2 N–H and O–H groups in total. The molecule has 3 aromatic heterocycles. The van der Waals surface area contributed by atoms with Crippen LogP contribution in [0.4, 0.5) is 10.7 Å². The summed E-state index contributed by atoms with van der Waals surface area (Å²) in [5, 5.41) is 17.2. The molecule has 9 heteroatoms. The van der Waals surface area contributed by atoms with Crippen molar-refractivity contribution in [2.45, 2.75) is 57.7 Å². The highest BCUT2D eigenvalue weighted by Gasteiger charge is 2.38. The second-order valence-electron chi connectivity index (χ2n) is 8.34. The maximum atomic E-state index is 11.7. The van der Waals surface area contributed by atoms with Gasteiger partial charge < -0.3 is 15.3 Å². The van der Waals surface area contributed by atoms with Crippen molar-refractivity contribution in [1.29, 1.82) is 0 Å². The molecule has 1 fully saturated rings. The average Bonchev–Trinajstić information content (AvgIpc) is 3.29. The molecule has 1 saturated carbocycles. The fourth-order valence-electron chi connectivity index (χ4n) is 4.02. The van der Waals surface area contributed by atoms with E-state index in [0.29, 0.717) is 5.95 Å². The zero-order chi connectivity index (χ0) is 20.6. The summed E-state index contributed by atoms with van der Waals surface area (Å²) >= 11 is 0. The number of rotatable bonds is 4. The number of anilines is 1. The third-order valence-corrected chi connectivity index (χ3v) is 5.21. The number of hydrogen-bond acceptors (Lipinski definition) is 6. The van der Waals surface area contributed by atoms with E-state index in [1.165, 1.54) is 0 Å². The lowest BCUT2D eigenvalue weighted by molar-refractivity contribution is 0.0718. The van der Waals surface area contributed by atoms with Crippen molar-refractivity contribution in [1.82, 2.24) is 29.5 Å². The molecule has 0 aliphatic heterocycles. The van der Waals surface area contributed by atoms with Gasteiger partial charge in [0, 0.05) is 36.1 Å². The fraction of sp³-hybridized carbons (Fsp3) is 0.450. The first-order chi connectivity index (χ1) is 13.8. The Hall–Kier alpha value is -3.23. The van der Waals surface area contributed by atoms with Crippen LogP contribution in [0, 0.1) is 0 Å². The molecule has 2 atom stereocenters. The minimum Gasteiger partial charge on any atom is -0.465 e. The van der Waals surface area contributed by atoms with E-state index in [2.05, 4.69) is 25.4 Å². The van der Waals surface area contributed by atoms with Gasteiger partial charge in [0.1, 0.15) is 0 Å². The third-order valence-electron chi connectivity index (χ3n) is 5.21. The molecule has 0 saturated heterocycles. The van der Waals surface area contributed by atoms with Crippen LogP contribution >= 0.6 is 0 Å². The zero-order valence-corrected chi connectivity index (χ0v) is 16.8. The van der Waals surface area contributed by atoms with Crippen LogP contribution in [-0.2, 0) is 0 Å². The predicted molar refractivity (Wildman–Crippen MR) is 109 cm³/mol. The van der Waals surface area contributed by atoms with E-state index >= 15 is 0 Å². The number of amides is 1. The Morgan fingerprint density at radius 3 is 2.72 bits per heavy atom. The first-order valence-electron chi connectivity index (χ1n) is 9.74. The molecule has 0 aromatic carbocycles. The van der Waals surface area contributed by atoms with Crippen LogP contribution in [0.3, 0.4) is 0 Å². The van der Waals surface area contributed by atoms with Crippen LogP contribution in [0.2, 0.25) is 0 Å². The van der Waals surface area contributed by atoms with Gasteiger partial charge >= 0.3 is 6.09 Å². The summed E-state index contributed by atoms with van der Waals surface area (Å²) in [6.07, 6.45) is 6.81. The minimum absolute atomic E-state index is 0.0147. The molecular weight excluding hydrogens is 370 g/mol. The van der Waals surface area contributed by atoms with Gasteiger partial charge in [0.2, 0.25) is 5.95 Å². The second-order valence-corrected chi connectivity index (χ2v) is 8.34. The lowest BCUT2D eigenvalue weighted by Gasteiger charge is -2.38. The van der Waals surface area contributed by atoms with E-state index in [1.54, 1.807) is 21.8 Å². The van der Waals surface area contributed by atoms with E-state index in [9.17, 15) is 9.90 Å². The molecule has 0 radical (unpaired) electrons. The first-order valence-corrected chi connectivity index (χ1v) is 9.74. The monoisotopic (exact) mass is 395 g/mol. The van der Waals surface area contributed by atoms with Gasteiger partial charge in [-0.15, -0.1) is 0 Å². The largest absolute Gasteiger partial charge is 0.465 e. The molecule has 0 unspecified atom stereocenters. The van der Waals surface area contributed by atoms with Crippen molar-refractivity contribution in [3.05, 3.63) is 36.8 Å². The molecule has 1 amide bonds. The lowest BCUT2D eigenvalue weighted by Crippen LogP contribution is -2.50. The number of nitrogens with one attached hydrogen (secondary N) is 1. The van der Waals surface area contributed by atoms with Gasteiger partial charge in [0.05, 0.1) is 17.6 Å². The van der Waals surface area contributed by atoms with Crippen LogP contribution in [0.15, 0.2) is 36.8 Å². The Kier molecular flexibility index (Phi) is 4.81. The van der Waals surface area contributed by atoms with Crippen LogP contribution in [0.5, 0.6) is 0 Å². The van der Waals surface area contributed by atoms with Gasteiger partial charge in [-0.05, 0) is 52.2 Å². The number of aromatic nitrogens is 5. The number of fused-ring (bicyclic) bond motifs is 1. The summed E-state index contributed by atoms with van der Waals surface area (Å²) in [6, 6.07) is 5.64. The first kappa shape index (κ1) is 19.1. The molecule has 0 bridgehead atoms. The maximum absolute atomic E-state index is 11.7. The SMILES string of the molecule is CC(C)(C)N(C(=O)O)[C@H]1CC[C@H](Nc2nccc(-c3ccn4nccc4n3)n2)C1. The van der Waals surface area contributed by atoms with Crippen LogP contribution in [0.25, 0.3) is 17.0 Å². The topological polar surface area (TPSA) is 109 Å². The summed E-state index contributed by atoms with van der Waals surface area (Å²) in [7, 11) is 0. The second kappa shape index (κ2) is 7.31. The molecule has 4 rings (SSSR count). The number of nitrogens with zero attached hydrogens (tertiary/aromatic N) is 6. The van der Waals surface area contributed by atoms with Gasteiger partial charge in [-0.3, -0.25) is 0 Å². The van der Waals surface area contributed by atoms with Gasteiger partial charge in [-0.2, -0.15) is 5.10 Å². The molecule has 29 heavy (non-hydrogen) atoms. The predicted octanol–water partition coefficient (Wildman–Crippen LogP) is 3.30. The molecule has 3 heterocycles. The maximum Gasteiger partial charge on any atom is 0.407 e. The lowest BCUT2D eigenvalue weighted by atomic mass is 10.0. The summed E-state index contributed by atoms with van der Waals surface area (Å²) in [5.74, 6) is 0.529. The van der Waals surface area contributed by atoms with Crippen LogP contribution in [0.1, 0.15) is 40.0 Å². The molecular formula is C20H25N7O2. The molecule has 3 aromatic rings. The quantitative estimate of drug-likeness (QED) is 0.698. The number of hydrogen-bond donors (Lipinski definition) is 2. The van der Waals surface area contributed by atoms with Crippen molar-refractivity contribution in [2.24, 2.45) is 0 Å². The Bertz CT molecular complexity index is 1030. The van der Waals surface area contributed by atoms with E-state index in [4.69, 9.17) is 0 Å². The minimum atomic E-state index is -0.872. The van der Waals surface area contributed by atoms with E-state index in [1.807, 2.05) is 45.2 Å². The Morgan fingerprint density at radius 2 is 1.97 bits per heavy atom. The smallest absolute Gasteiger partial charge is 0.407 e. The number of carboxylic acid groups (broad SMARTS) is 1.